The van der Waals surface area contributed by atoms with Crippen molar-refractivity contribution in [2.45, 2.75) is 64.1 Å². The Morgan fingerprint density at radius 1 is 0.968 bits per heavy atom. The van der Waals surface area contributed by atoms with Gasteiger partial charge in [-0.15, -0.1) is 0 Å². The highest BCUT2D eigenvalue weighted by atomic mass is 35.5. The Hall–Kier alpha value is -5.45. The molecular formula is C47H55ClN9O5P. The number of benzene rings is 3. The van der Waals surface area contributed by atoms with Crippen molar-refractivity contribution < 1.29 is 23.7 Å². The molecule has 0 spiro atoms. The van der Waals surface area contributed by atoms with Crippen LogP contribution in [0.25, 0.3) is 0 Å². The summed E-state index contributed by atoms with van der Waals surface area (Å²) >= 11 is 6.53. The highest BCUT2D eigenvalue weighted by Crippen LogP contribution is 2.40. The predicted molar refractivity (Wildman–Crippen MR) is 249 cm³/mol. The van der Waals surface area contributed by atoms with Crippen LogP contribution >= 0.6 is 18.7 Å². The maximum atomic E-state index is 13.2. The van der Waals surface area contributed by atoms with Gasteiger partial charge in [-0.2, -0.15) is 4.98 Å². The van der Waals surface area contributed by atoms with Crippen LogP contribution < -0.4 is 30.9 Å². The van der Waals surface area contributed by atoms with Crippen LogP contribution in [-0.4, -0.2) is 121 Å². The average Bonchev–Trinajstić information content (AvgIpc) is 3.62. The van der Waals surface area contributed by atoms with Gasteiger partial charge in [-0.05, 0) is 80.5 Å². The maximum Gasteiger partial charge on any atom is 0.255 e. The van der Waals surface area contributed by atoms with Crippen molar-refractivity contribution in [3.63, 3.8) is 0 Å². The van der Waals surface area contributed by atoms with E-state index in [0.717, 1.165) is 105 Å². The van der Waals surface area contributed by atoms with Crippen LogP contribution in [0.15, 0.2) is 60.8 Å². The number of anilines is 5. The van der Waals surface area contributed by atoms with Gasteiger partial charge in [0, 0.05) is 99.4 Å². The maximum absolute atomic E-state index is 13.2. The number of piperidine rings is 2. The summed E-state index contributed by atoms with van der Waals surface area (Å²) in [7, 11) is -0.838. The van der Waals surface area contributed by atoms with Crippen LogP contribution in [0.3, 0.4) is 0 Å². The zero-order valence-electron chi connectivity index (χ0n) is 36.4. The number of carbonyl (C=O) groups is 3. The minimum atomic E-state index is -2.55. The van der Waals surface area contributed by atoms with Crippen molar-refractivity contribution in [1.82, 2.24) is 30.0 Å². The molecular weight excluding hydrogens is 837 g/mol. The molecule has 16 heteroatoms. The molecule has 3 amide bonds. The van der Waals surface area contributed by atoms with Crippen LogP contribution in [0.4, 0.5) is 28.8 Å². The van der Waals surface area contributed by atoms with Crippen molar-refractivity contribution in [2.75, 3.05) is 81.8 Å². The second kappa shape index (κ2) is 19.1. The summed E-state index contributed by atoms with van der Waals surface area (Å²) in [5.74, 6) is 7.37. The minimum absolute atomic E-state index is 0.179. The van der Waals surface area contributed by atoms with E-state index < -0.39 is 19.1 Å². The van der Waals surface area contributed by atoms with Crippen LogP contribution in [0.5, 0.6) is 5.75 Å². The molecule has 3 aromatic carbocycles. The zero-order chi connectivity index (χ0) is 44.3. The Kier molecular flexibility index (Phi) is 13.4. The zero-order valence-corrected chi connectivity index (χ0v) is 38.0. The van der Waals surface area contributed by atoms with Crippen molar-refractivity contribution >= 4 is 70.6 Å². The van der Waals surface area contributed by atoms with E-state index in [1.165, 1.54) is 5.56 Å². The summed E-state index contributed by atoms with van der Waals surface area (Å²) in [5.41, 5.74) is 6.08. The number of nitrogens with zero attached hydrogens (tertiary/aromatic N) is 6. The van der Waals surface area contributed by atoms with Crippen molar-refractivity contribution in [3.05, 3.63) is 88.1 Å². The van der Waals surface area contributed by atoms with Crippen LogP contribution in [0.1, 0.15) is 66.1 Å². The number of piperazine rings is 1. The SMILES string of the molecule is CCc1cc(Nc2ncc(Cl)c(Nc3ccccc3P(C)(C)=O)n2)cc(OC)c1N1CCC(N2CCN(CCC#Cc3cccc4c3CN(C3CCC(=O)NC3=O)C4=O)CC2)CC1. The van der Waals surface area contributed by atoms with E-state index in [9.17, 15) is 18.9 Å². The van der Waals surface area contributed by atoms with E-state index in [4.69, 9.17) is 16.3 Å². The number of fused-ring (bicyclic) bond motifs is 1. The number of halogens is 1. The lowest BCUT2D eigenvalue weighted by atomic mass is 9.99. The molecule has 4 aliphatic heterocycles. The fourth-order valence-electron chi connectivity index (χ4n) is 9.22. The van der Waals surface area contributed by atoms with Gasteiger partial charge in [-0.3, -0.25) is 29.5 Å². The molecule has 14 nitrogen and oxygen atoms in total. The van der Waals surface area contributed by atoms with Crippen molar-refractivity contribution in [3.8, 4) is 17.6 Å². The van der Waals surface area contributed by atoms with Gasteiger partial charge in [-0.1, -0.05) is 48.6 Å². The molecule has 3 N–H and O–H groups in total. The second-order valence-corrected chi connectivity index (χ2v) is 20.5. The molecule has 4 aliphatic rings. The minimum Gasteiger partial charge on any atom is -0.494 e. The van der Waals surface area contributed by atoms with Gasteiger partial charge in [0.25, 0.3) is 5.91 Å². The number of imide groups is 1. The third-order valence-corrected chi connectivity index (χ3v) is 14.4. The number of rotatable bonds is 12. The summed E-state index contributed by atoms with van der Waals surface area (Å²) in [6, 6.07) is 17.1. The highest BCUT2D eigenvalue weighted by Gasteiger charge is 2.40. The van der Waals surface area contributed by atoms with Gasteiger partial charge in [0.15, 0.2) is 5.82 Å². The first-order valence-corrected chi connectivity index (χ1v) is 24.8. The van der Waals surface area contributed by atoms with E-state index in [2.05, 4.69) is 65.4 Å². The van der Waals surface area contributed by atoms with E-state index >= 15 is 0 Å². The lowest BCUT2D eigenvalue weighted by molar-refractivity contribution is -0.136. The number of ether oxygens (including phenoxy) is 1. The third kappa shape index (κ3) is 9.87. The molecule has 5 heterocycles. The Balaban J connectivity index is 0.829. The first kappa shape index (κ1) is 44.2. The number of hydrogen-bond acceptors (Lipinski definition) is 12. The average molecular weight is 892 g/mol. The number of hydrogen-bond donors (Lipinski definition) is 3. The van der Waals surface area contributed by atoms with Gasteiger partial charge in [-0.25, -0.2) is 4.98 Å². The number of aromatic nitrogens is 2. The van der Waals surface area contributed by atoms with Gasteiger partial charge in [0.05, 0.1) is 24.7 Å². The number of nitrogens with one attached hydrogen (secondary N) is 3. The molecule has 0 saturated carbocycles. The summed E-state index contributed by atoms with van der Waals surface area (Å²) < 4.78 is 19.0. The van der Waals surface area contributed by atoms with Crippen LogP contribution in [-0.2, 0) is 27.1 Å². The first-order valence-electron chi connectivity index (χ1n) is 21.8. The quantitative estimate of drug-likeness (QED) is 0.0841. The first-order chi connectivity index (χ1) is 30.4. The predicted octanol–water partition coefficient (Wildman–Crippen LogP) is 6.23. The van der Waals surface area contributed by atoms with Gasteiger partial charge >= 0.3 is 0 Å². The third-order valence-electron chi connectivity index (χ3n) is 12.6. The summed E-state index contributed by atoms with van der Waals surface area (Å²) in [5, 5.41) is 10.1. The van der Waals surface area contributed by atoms with E-state index in [0.29, 0.717) is 47.0 Å². The Morgan fingerprint density at radius 3 is 2.48 bits per heavy atom. The lowest BCUT2D eigenvalue weighted by Crippen LogP contribution is -2.53. The number of methoxy groups -OCH3 is 1. The fourth-order valence-corrected chi connectivity index (χ4v) is 10.5. The van der Waals surface area contributed by atoms with E-state index in [-0.39, 0.29) is 18.2 Å². The molecule has 1 atom stereocenters. The number of amides is 3. The Bertz CT molecular complexity index is 2480. The second-order valence-electron chi connectivity index (χ2n) is 16.9. The van der Waals surface area contributed by atoms with Gasteiger partial charge < -0.3 is 29.7 Å². The Morgan fingerprint density at radius 2 is 1.75 bits per heavy atom. The molecule has 0 aliphatic carbocycles. The fraction of sp³-hybridized carbons (Fsp3) is 0.426. The monoisotopic (exact) mass is 891 g/mol. The number of carbonyl (C=O) groups excluding carboxylic acids is 3. The molecule has 3 saturated heterocycles. The standard InChI is InChI=1S/C47H55ClN9O5P/c1-5-31-27-33(50-47-49-29-37(48)44(53-47)51-38-14-6-7-15-41(38)63(3,4)61)28-40(62-2)43(31)56-21-18-34(19-22-56)55-25-23-54(24-26-55)20-9-8-11-32-12-10-13-35-36(32)30-57(46(35)60)39-16-17-42(58)52-45(39)59/h6-7,10,12-15,27-29,34,39H,5,9,16-26,30H2,1-4H3,(H,52,58,59)(H2,49,50,51,53). The molecule has 330 valence electrons. The Labute approximate surface area is 374 Å². The van der Waals surface area contributed by atoms with E-state index in [1.54, 1.807) is 37.6 Å². The highest BCUT2D eigenvalue weighted by molar-refractivity contribution is 7.70. The summed E-state index contributed by atoms with van der Waals surface area (Å²) in [6.07, 6.45) is 5.82. The molecule has 63 heavy (non-hydrogen) atoms. The molecule has 0 bridgehead atoms. The normalized spacial score (nSPS) is 18.7. The summed E-state index contributed by atoms with van der Waals surface area (Å²) in [6.45, 7) is 12.8. The molecule has 4 aromatic rings. The number of aryl methyl sites for hydroxylation is 1. The molecule has 1 unspecified atom stereocenters. The smallest absolute Gasteiger partial charge is 0.255 e. The van der Waals surface area contributed by atoms with Crippen molar-refractivity contribution in [2.24, 2.45) is 0 Å². The van der Waals surface area contributed by atoms with Gasteiger partial charge in [0.2, 0.25) is 17.8 Å². The summed E-state index contributed by atoms with van der Waals surface area (Å²) in [4.78, 5) is 55.7. The van der Waals surface area contributed by atoms with Crippen LogP contribution in [0.2, 0.25) is 5.02 Å². The van der Waals surface area contributed by atoms with Gasteiger partial charge in [0.1, 0.15) is 24.0 Å². The molecule has 8 rings (SSSR count). The lowest BCUT2D eigenvalue weighted by Gasteiger charge is -2.43. The molecule has 1 aromatic heterocycles. The van der Waals surface area contributed by atoms with Crippen molar-refractivity contribution in [1.29, 1.82) is 0 Å². The largest absolute Gasteiger partial charge is 0.494 e. The van der Waals surface area contributed by atoms with Crippen LogP contribution in [0, 0.1) is 11.8 Å². The molecule has 3 fully saturated rings. The number of para-hydroxylation sites is 1. The topological polar surface area (TPSA) is 152 Å². The molecule has 0 radical (unpaired) electrons. The van der Waals surface area contributed by atoms with E-state index in [1.807, 2.05) is 42.5 Å².